The Morgan fingerprint density at radius 3 is 1.79 bits per heavy atom. The van der Waals surface area contributed by atoms with Crippen LogP contribution in [0.5, 0.6) is 0 Å². The van der Waals surface area contributed by atoms with E-state index in [-0.39, 0.29) is 0 Å². The minimum Gasteiger partial charge on any atom is -0.402 e. The summed E-state index contributed by atoms with van der Waals surface area (Å²) in [5.74, 6) is 0. The maximum atomic E-state index is 7.17. The van der Waals surface area contributed by atoms with Crippen molar-refractivity contribution < 1.29 is 15.1 Å². The summed E-state index contributed by atoms with van der Waals surface area (Å²) in [5.41, 5.74) is 2.62. The lowest BCUT2D eigenvalue weighted by Gasteiger charge is -2.14. The third-order valence-corrected chi connectivity index (χ3v) is 1.60. The molecule has 5 heteroatoms. The molecule has 0 atom stereocenters. The molecular formula is C9H16BNO3. The van der Waals surface area contributed by atoms with E-state index in [1.165, 1.54) is 11.3 Å². The molecule has 0 amide bonds. The third-order valence-electron chi connectivity index (χ3n) is 1.60. The Bertz CT molecular complexity index is 263. The summed E-state index contributed by atoms with van der Waals surface area (Å²) in [6.45, 7) is 2.12. The summed E-state index contributed by atoms with van der Waals surface area (Å²) in [4.78, 5) is 2.12. The van der Waals surface area contributed by atoms with Gasteiger partial charge in [-0.3, -0.25) is 0 Å². The van der Waals surface area contributed by atoms with Crippen molar-refractivity contribution in [1.82, 2.24) is 0 Å². The first-order valence-electron chi connectivity index (χ1n) is 4.22. The number of hydrogen-bond acceptors (Lipinski definition) is 4. The fraction of sp³-hybridized carbons (Fsp3) is 0.333. The summed E-state index contributed by atoms with van der Waals surface area (Å²) in [7, 11) is 1.95. The Labute approximate surface area is 84.6 Å². The average Bonchev–Trinajstić information content (AvgIpc) is 2.03. The molecule has 0 bridgehead atoms. The number of benzene rings is 1. The van der Waals surface area contributed by atoms with E-state index in [0.717, 1.165) is 0 Å². The molecule has 0 unspecified atom stereocenters. The van der Waals surface area contributed by atoms with Crippen LogP contribution in [0.3, 0.4) is 0 Å². The van der Waals surface area contributed by atoms with E-state index in [4.69, 9.17) is 15.1 Å². The van der Waals surface area contributed by atoms with E-state index in [2.05, 4.69) is 50.2 Å². The summed E-state index contributed by atoms with van der Waals surface area (Å²) < 4.78 is 0. The second-order valence-corrected chi connectivity index (χ2v) is 3.03. The van der Waals surface area contributed by atoms with Gasteiger partial charge in [0.25, 0.3) is 0 Å². The number of anilines is 1. The molecule has 0 aliphatic heterocycles. The van der Waals surface area contributed by atoms with Crippen LogP contribution < -0.4 is 4.90 Å². The van der Waals surface area contributed by atoms with E-state index in [1.807, 2.05) is 0 Å². The molecular weight excluding hydrogens is 181 g/mol. The summed E-state index contributed by atoms with van der Waals surface area (Å²) in [6.07, 6.45) is 0. The first-order chi connectivity index (χ1) is 6.45. The molecule has 0 aliphatic carbocycles. The predicted octanol–water partition coefficient (Wildman–Crippen LogP) is 0.00922. The van der Waals surface area contributed by atoms with Gasteiger partial charge in [0.1, 0.15) is 0 Å². The molecule has 78 valence electrons. The SMILES string of the molecule is Cc1ccccc1N(C)C.OB(O)O. The standard InChI is InChI=1S/C9H13N.BH3O3/c1-8-6-4-5-7-9(8)10(2)3;2-1(3)4/h4-7H,1-3H3;2-4H. The van der Waals surface area contributed by atoms with Gasteiger partial charge in [-0.25, -0.2) is 0 Å². The van der Waals surface area contributed by atoms with Crippen LogP contribution in [0.1, 0.15) is 5.56 Å². The second kappa shape index (κ2) is 6.42. The van der Waals surface area contributed by atoms with Crippen LogP contribution in [0.15, 0.2) is 24.3 Å². The summed E-state index contributed by atoms with van der Waals surface area (Å²) in [6, 6.07) is 8.36. The van der Waals surface area contributed by atoms with Crippen LogP contribution in [0.4, 0.5) is 5.69 Å². The van der Waals surface area contributed by atoms with Gasteiger partial charge in [-0.2, -0.15) is 0 Å². The van der Waals surface area contributed by atoms with Gasteiger partial charge in [0.05, 0.1) is 0 Å². The molecule has 0 radical (unpaired) electrons. The van der Waals surface area contributed by atoms with Crippen molar-refractivity contribution in [1.29, 1.82) is 0 Å². The molecule has 0 aliphatic rings. The average molecular weight is 197 g/mol. The Morgan fingerprint density at radius 2 is 1.50 bits per heavy atom. The first-order valence-corrected chi connectivity index (χ1v) is 4.22. The largest absolute Gasteiger partial charge is 0.631 e. The number of para-hydroxylation sites is 1. The molecule has 3 N–H and O–H groups in total. The number of rotatable bonds is 1. The number of nitrogens with zero attached hydrogens (tertiary/aromatic N) is 1. The molecule has 0 saturated heterocycles. The Balaban J connectivity index is 0.000000364. The molecule has 0 saturated carbocycles. The quantitative estimate of drug-likeness (QED) is 0.555. The fourth-order valence-corrected chi connectivity index (χ4v) is 1.07. The fourth-order valence-electron chi connectivity index (χ4n) is 1.07. The maximum absolute atomic E-state index is 7.17. The molecule has 4 nitrogen and oxygen atoms in total. The van der Waals surface area contributed by atoms with Crippen molar-refractivity contribution >= 4 is 13.0 Å². The zero-order valence-electron chi connectivity index (χ0n) is 8.68. The van der Waals surface area contributed by atoms with Gasteiger partial charge in [0.2, 0.25) is 0 Å². The summed E-state index contributed by atoms with van der Waals surface area (Å²) in [5, 5.41) is 21.5. The van der Waals surface area contributed by atoms with E-state index >= 15 is 0 Å². The van der Waals surface area contributed by atoms with E-state index < -0.39 is 7.32 Å². The minimum absolute atomic E-state index is 1.29. The normalized spacial score (nSPS) is 8.71. The Morgan fingerprint density at radius 1 is 1.07 bits per heavy atom. The lowest BCUT2D eigenvalue weighted by atomic mass is 10.2. The van der Waals surface area contributed by atoms with Crippen molar-refractivity contribution in [3.05, 3.63) is 29.8 Å². The van der Waals surface area contributed by atoms with E-state index in [0.29, 0.717) is 0 Å². The first kappa shape index (κ1) is 13.0. The molecule has 1 aromatic rings. The van der Waals surface area contributed by atoms with E-state index in [9.17, 15) is 0 Å². The lowest BCUT2D eigenvalue weighted by Crippen LogP contribution is -2.09. The van der Waals surface area contributed by atoms with Crippen molar-refractivity contribution in [3.8, 4) is 0 Å². The monoisotopic (exact) mass is 197 g/mol. The highest BCUT2D eigenvalue weighted by Crippen LogP contribution is 2.15. The van der Waals surface area contributed by atoms with Gasteiger partial charge in [-0.15, -0.1) is 0 Å². The van der Waals surface area contributed by atoms with Crippen LogP contribution in [-0.2, 0) is 0 Å². The second-order valence-electron chi connectivity index (χ2n) is 3.03. The van der Waals surface area contributed by atoms with E-state index in [1.54, 1.807) is 0 Å². The molecule has 0 heterocycles. The van der Waals surface area contributed by atoms with Crippen LogP contribution >= 0.6 is 0 Å². The van der Waals surface area contributed by atoms with Crippen LogP contribution in [0.2, 0.25) is 0 Å². The maximum Gasteiger partial charge on any atom is 0.631 e. The van der Waals surface area contributed by atoms with Crippen molar-refractivity contribution in [2.75, 3.05) is 19.0 Å². The van der Waals surface area contributed by atoms with Crippen molar-refractivity contribution in [2.24, 2.45) is 0 Å². The zero-order valence-corrected chi connectivity index (χ0v) is 8.68. The van der Waals surface area contributed by atoms with Gasteiger partial charge >= 0.3 is 7.32 Å². The van der Waals surface area contributed by atoms with Crippen LogP contribution in [0, 0.1) is 6.92 Å². The van der Waals surface area contributed by atoms with Gasteiger partial charge in [0.15, 0.2) is 0 Å². The van der Waals surface area contributed by atoms with Gasteiger partial charge in [-0.05, 0) is 18.6 Å². The van der Waals surface area contributed by atoms with Gasteiger partial charge < -0.3 is 20.0 Å². The Kier molecular flexibility index (Phi) is 5.95. The highest BCUT2D eigenvalue weighted by molar-refractivity contribution is 6.30. The number of hydrogen-bond donors (Lipinski definition) is 3. The Hall–Kier alpha value is -1.04. The topological polar surface area (TPSA) is 63.9 Å². The third kappa shape index (κ3) is 5.58. The highest BCUT2D eigenvalue weighted by atomic mass is 16.5. The van der Waals surface area contributed by atoms with Gasteiger partial charge in [0, 0.05) is 19.8 Å². The molecule has 0 aromatic heterocycles. The molecule has 1 rings (SSSR count). The van der Waals surface area contributed by atoms with Crippen molar-refractivity contribution in [2.45, 2.75) is 6.92 Å². The molecule has 0 spiro atoms. The molecule has 1 aromatic carbocycles. The lowest BCUT2D eigenvalue weighted by molar-refractivity contribution is 0.278. The number of aryl methyl sites for hydroxylation is 1. The van der Waals surface area contributed by atoms with Crippen LogP contribution in [0.25, 0.3) is 0 Å². The predicted molar refractivity (Wildman–Crippen MR) is 57.9 cm³/mol. The van der Waals surface area contributed by atoms with Gasteiger partial charge in [-0.1, -0.05) is 18.2 Å². The molecule has 0 fully saturated rings. The van der Waals surface area contributed by atoms with Crippen LogP contribution in [-0.4, -0.2) is 36.5 Å². The highest BCUT2D eigenvalue weighted by Gasteiger charge is 1.95. The van der Waals surface area contributed by atoms with Crippen molar-refractivity contribution in [3.63, 3.8) is 0 Å². The summed E-state index contributed by atoms with van der Waals surface area (Å²) >= 11 is 0. The molecule has 14 heavy (non-hydrogen) atoms. The minimum atomic E-state index is -2.17. The zero-order chi connectivity index (χ0) is 11.1. The smallest absolute Gasteiger partial charge is 0.402 e.